The van der Waals surface area contributed by atoms with Crippen LogP contribution in [0.25, 0.3) is 0 Å². The smallest absolute Gasteiger partial charge is 0.269 e. The van der Waals surface area contributed by atoms with Crippen molar-refractivity contribution in [3.8, 4) is 11.8 Å². The molecule has 0 saturated heterocycles. The molecule has 0 aliphatic rings. The molecule has 0 fully saturated rings. The average Bonchev–Trinajstić information content (AvgIpc) is 2.55. The first-order valence-electron chi connectivity index (χ1n) is 7.07. The van der Waals surface area contributed by atoms with E-state index in [4.69, 9.17) is 5.26 Å². The van der Waals surface area contributed by atoms with Crippen LogP contribution in [0.5, 0.6) is 5.75 Å². The second kappa shape index (κ2) is 8.76. The number of nitriles is 1. The molecule has 124 valence electrons. The van der Waals surface area contributed by atoms with Crippen LogP contribution in [0.3, 0.4) is 0 Å². The fourth-order valence-corrected chi connectivity index (χ4v) is 2.18. The number of carbonyl (C=O) groups excluding carboxylic acids is 1. The van der Waals surface area contributed by atoms with Gasteiger partial charge in [-0.25, -0.2) is 0 Å². The number of hydrogen-bond donors (Lipinski definition) is 1. The minimum absolute atomic E-state index is 0.0866. The number of phenols is 1. The predicted octanol–water partition coefficient (Wildman–Crippen LogP) is 3.12. The zero-order chi connectivity index (χ0) is 18.3. The van der Waals surface area contributed by atoms with Crippen molar-refractivity contribution in [2.75, 3.05) is 0 Å². The van der Waals surface area contributed by atoms with E-state index in [-0.39, 0.29) is 27.7 Å². The first-order valence-corrected chi connectivity index (χ1v) is 7.64. The van der Waals surface area contributed by atoms with Crippen LogP contribution in [-0.4, -0.2) is 15.8 Å². The van der Waals surface area contributed by atoms with Crippen LogP contribution < -0.4 is 5.30 Å². The number of nitro groups is 1. The van der Waals surface area contributed by atoms with E-state index < -0.39 is 0 Å². The van der Waals surface area contributed by atoms with Gasteiger partial charge in [0.25, 0.3) is 5.69 Å². The molecule has 0 saturated carbocycles. The number of Topliss-reactive ketones (excluding diaryl/α,β-unsaturated/α-hetero) is 1. The number of nitro benzene ring substituents is 1. The molecule has 0 aliphatic heterocycles. The Morgan fingerprint density at radius 3 is 2.54 bits per heavy atom. The van der Waals surface area contributed by atoms with Crippen molar-refractivity contribution in [3.63, 3.8) is 0 Å². The summed E-state index contributed by atoms with van der Waals surface area (Å²) in [6.45, 7) is 3.32. The molecule has 0 aliphatic carbocycles. The molecule has 0 spiro atoms. The van der Waals surface area contributed by atoms with Crippen LogP contribution in [0.4, 0.5) is 5.69 Å². The van der Waals surface area contributed by atoms with E-state index in [0.717, 1.165) is 12.0 Å². The molecular formula is C17H17N2O4P. The van der Waals surface area contributed by atoms with Gasteiger partial charge in [-0.2, -0.15) is 5.26 Å². The molecule has 1 unspecified atom stereocenters. The number of phenolic OH excluding ortho intramolecular Hbond substituents is 1. The second-order valence-electron chi connectivity index (χ2n) is 4.91. The Bertz CT molecular complexity index is 813. The SMILES string of the molecule is CC(=O)c1cc(C#N)c(P)cc1O.CCc1cccc([N+](=O)[O-])c1. The molecular weight excluding hydrogens is 327 g/mol. The number of carbonyl (C=O) groups is 1. The lowest BCUT2D eigenvalue weighted by Gasteiger charge is -2.03. The van der Waals surface area contributed by atoms with E-state index in [1.165, 1.54) is 25.1 Å². The minimum Gasteiger partial charge on any atom is -0.507 e. The zero-order valence-corrected chi connectivity index (χ0v) is 14.5. The van der Waals surface area contributed by atoms with Crippen molar-refractivity contribution in [1.82, 2.24) is 0 Å². The number of non-ortho nitro benzene ring substituents is 1. The first-order chi connectivity index (χ1) is 11.3. The van der Waals surface area contributed by atoms with E-state index in [2.05, 4.69) is 9.24 Å². The number of nitrogens with zero attached hydrogens (tertiary/aromatic N) is 2. The largest absolute Gasteiger partial charge is 0.507 e. The van der Waals surface area contributed by atoms with Gasteiger partial charge in [-0.3, -0.25) is 14.9 Å². The third-order valence-corrected chi connectivity index (χ3v) is 3.67. The number of ketones is 1. The van der Waals surface area contributed by atoms with Crippen molar-refractivity contribution in [2.45, 2.75) is 20.3 Å². The lowest BCUT2D eigenvalue weighted by molar-refractivity contribution is -0.384. The fraction of sp³-hybridized carbons (Fsp3) is 0.176. The second-order valence-corrected chi connectivity index (χ2v) is 5.53. The maximum Gasteiger partial charge on any atom is 0.269 e. The maximum absolute atomic E-state index is 11.0. The Hall–Kier alpha value is -2.77. The Balaban J connectivity index is 0.000000243. The van der Waals surface area contributed by atoms with Crippen molar-refractivity contribution in [1.29, 1.82) is 5.26 Å². The maximum atomic E-state index is 11.0. The van der Waals surface area contributed by atoms with E-state index in [9.17, 15) is 20.0 Å². The monoisotopic (exact) mass is 344 g/mol. The summed E-state index contributed by atoms with van der Waals surface area (Å²) in [5, 5.41) is 28.9. The van der Waals surface area contributed by atoms with Crippen molar-refractivity contribution in [3.05, 3.63) is 63.2 Å². The summed E-state index contributed by atoms with van der Waals surface area (Å²) in [6.07, 6.45) is 0.835. The van der Waals surface area contributed by atoms with Crippen molar-refractivity contribution >= 4 is 26.0 Å². The highest BCUT2D eigenvalue weighted by Crippen LogP contribution is 2.18. The van der Waals surface area contributed by atoms with Gasteiger partial charge in [-0.05, 0) is 36.3 Å². The van der Waals surface area contributed by atoms with Gasteiger partial charge >= 0.3 is 0 Å². The number of benzene rings is 2. The molecule has 2 aromatic rings. The van der Waals surface area contributed by atoms with Gasteiger partial charge in [-0.15, -0.1) is 9.24 Å². The lowest BCUT2D eigenvalue weighted by Crippen LogP contribution is -2.02. The van der Waals surface area contributed by atoms with Gasteiger partial charge in [0.2, 0.25) is 0 Å². The van der Waals surface area contributed by atoms with Gasteiger partial charge in [0, 0.05) is 12.1 Å². The lowest BCUT2D eigenvalue weighted by atomic mass is 10.1. The predicted molar refractivity (Wildman–Crippen MR) is 94.6 cm³/mol. The highest BCUT2D eigenvalue weighted by Gasteiger charge is 2.09. The molecule has 0 bridgehead atoms. The molecule has 1 atom stereocenters. The van der Waals surface area contributed by atoms with Crippen LogP contribution in [0.2, 0.25) is 0 Å². The highest BCUT2D eigenvalue weighted by atomic mass is 31.0. The van der Waals surface area contributed by atoms with Crippen LogP contribution >= 0.6 is 9.24 Å². The molecule has 7 heteroatoms. The minimum atomic E-state index is -0.376. The van der Waals surface area contributed by atoms with Gasteiger partial charge in [0.15, 0.2) is 5.78 Å². The molecule has 24 heavy (non-hydrogen) atoms. The van der Waals surface area contributed by atoms with Crippen LogP contribution in [0, 0.1) is 21.4 Å². The molecule has 0 amide bonds. The number of aryl methyl sites for hydroxylation is 1. The quantitative estimate of drug-likeness (QED) is 0.399. The molecule has 2 aromatic carbocycles. The van der Waals surface area contributed by atoms with Gasteiger partial charge in [0.1, 0.15) is 5.75 Å². The van der Waals surface area contributed by atoms with Gasteiger partial charge < -0.3 is 5.11 Å². The third-order valence-electron chi connectivity index (χ3n) is 3.20. The molecule has 2 rings (SSSR count). The topological polar surface area (TPSA) is 104 Å². The van der Waals surface area contributed by atoms with E-state index in [0.29, 0.717) is 10.9 Å². The van der Waals surface area contributed by atoms with E-state index in [1.807, 2.05) is 19.1 Å². The summed E-state index contributed by atoms with van der Waals surface area (Å²) in [6, 6.07) is 11.4. The first kappa shape index (κ1) is 19.3. The van der Waals surface area contributed by atoms with E-state index >= 15 is 0 Å². The summed E-state index contributed by atoms with van der Waals surface area (Å²) < 4.78 is 0. The molecule has 1 N–H and O–H groups in total. The summed E-state index contributed by atoms with van der Waals surface area (Å²) in [7, 11) is 2.33. The third kappa shape index (κ3) is 5.15. The number of rotatable bonds is 3. The number of hydrogen-bond acceptors (Lipinski definition) is 5. The molecule has 0 radical (unpaired) electrons. The van der Waals surface area contributed by atoms with Gasteiger partial charge in [-0.1, -0.05) is 19.1 Å². The normalized spacial score (nSPS) is 9.42. The Morgan fingerprint density at radius 1 is 1.38 bits per heavy atom. The van der Waals surface area contributed by atoms with Crippen molar-refractivity contribution < 1.29 is 14.8 Å². The average molecular weight is 344 g/mol. The molecule has 0 aromatic heterocycles. The van der Waals surface area contributed by atoms with Crippen LogP contribution in [-0.2, 0) is 6.42 Å². The zero-order valence-electron chi connectivity index (χ0n) is 13.3. The number of aromatic hydroxyl groups is 1. The van der Waals surface area contributed by atoms with Gasteiger partial charge in [0.05, 0.1) is 22.1 Å². The molecule has 0 heterocycles. The standard InChI is InChI=1S/C9H8NO2P.C8H9NO2/c1-5(11)7-2-6(4-10)9(13)3-8(7)12;1-2-7-4-3-5-8(6-7)9(10)11/h2-3,12H,13H2,1H3;3-6H,2H2,1H3. The Labute approximate surface area is 142 Å². The van der Waals surface area contributed by atoms with Crippen molar-refractivity contribution in [2.24, 2.45) is 0 Å². The summed E-state index contributed by atoms with van der Waals surface area (Å²) in [4.78, 5) is 20.9. The summed E-state index contributed by atoms with van der Waals surface area (Å²) >= 11 is 0. The van der Waals surface area contributed by atoms with Crippen LogP contribution in [0.1, 0.15) is 35.3 Å². The summed E-state index contributed by atoms with van der Waals surface area (Å²) in [5.74, 6) is -0.337. The Morgan fingerprint density at radius 2 is 2.04 bits per heavy atom. The molecule has 6 nitrogen and oxygen atoms in total. The van der Waals surface area contributed by atoms with Crippen LogP contribution in [0.15, 0.2) is 36.4 Å². The Kier molecular flexibility index (Phi) is 7.03. The highest BCUT2D eigenvalue weighted by molar-refractivity contribution is 7.27. The fourth-order valence-electron chi connectivity index (χ4n) is 1.87. The summed E-state index contributed by atoms with van der Waals surface area (Å²) in [5.41, 5.74) is 1.74. The van der Waals surface area contributed by atoms with E-state index in [1.54, 1.807) is 12.1 Å².